The van der Waals surface area contributed by atoms with Crippen LogP contribution in [0.3, 0.4) is 0 Å². The molecule has 2 unspecified atom stereocenters. The maximum atomic E-state index is 14.1. The molecule has 4 N–H and O–H groups in total. The molecule has 1 aromatic heterocycles. The highest BCUT2D eigenvalue weighted by Gasteiger charge is 2.67. The fourth-order valence-corrected chi connectivity index (χ4v) is 8.46. The van der Waals surface area contributed by atoms with Crippen molar-refractivity contribution in [1.29, 1.82) is 0 Å². The van der Waals surface area contributed by atoms with Crippen LogP contribution in [-0.4, -0.2) is 77.2 Å². The minimum atomic E-state index is -4.28. The second-order valence-corrected chi connectivity index (χ2v) is 27.2. The van der Waals surface area contributed by atoms with E-state index in [0.717, 1.165) is 9.98 Å². The number of aryl methyl sites for hydroxylation is 1. The van der Waals surface area contributed by atoms with Crippen molar-refractivity contribution in [2.45, 2.75) is 135 Å². The molecule has 48 heavy (non-hydrogen) atoms. The van der Waals surface area contributed by atoms with Gasteiger partial charge in [-0.1, -0.05) is 55.4 Å². The lowest BCUT2D eigenvalue weighted by Crippen LogP contribution is -2.59. The smallest absolute Gasteiger partial charge is 0.333 e. The topological polar surface area (TPSA) is 193 Å². The number of esters is 1. The molecule has 3 rings (SSSR count). The molecule has 1 saturated heterocycles. The van der Waals surface area contributed by atoms with Gasteiger partial charge in [0.15, 0.2) is 28.5 Å². The molecule has 0 bridgehead atoms. The van der Waals surface area contributed by atoms with Crippen molar-refractivity contribution in [1.82, 2.24) is 9.13 Å². The predicted octanol–water partition coefficient (Wildman–Crippen LogP) is 3.05. The van der Waals surface area contributed by atoms with Gasteiger partial charge in [-0.05, 0) is 49.1 Å². The van der Waals surface area contributed by atoms with E-state index in [1.165, 1.54) is 17.7 Å². The standard InChI is InChI=1S/C31H56N4O10SSi2/c1-19(2)23(33)27(37)41-15-14-34-25(36)20(3)16-35(28(34)38)26-24(44-48(12,13)30(7,8)9)31(21(32)18-46(39,40)45-31)22(43-26)17-42-47(10,11)29(4,5)6/h16,18-19,22-24,26H,14-15,17,32-33H2,1-13H3/t22?,23-,24-,26+,31?/m0/s1. The first-order valence-corrected chi connectivity index (χ1v) is 23.5. The lowest BCUT2D eigenvalue weighted by atomic mass is 9.89. The predicted molar refractivity (Wildman–Crippen MR) is 188 cm³/mol. The summed E-state index contributed by atoms with van der Waals surface area (Å²) in [7, 11) is -9.46. The van der Waals surface area contributed by atoms with Gasteiger partial charge < -0.3 is 29.8 Å². The van der Waals surface area contributed by atoms with Crippen LogP contribution in [0.4, 0.5) is 0 Å². The Morgan fingerprint density at radius 2 is 1.62 bits per heavy atom. The van der Waals surface area contributed by atoms with Crippen molar-refractivity contribution < 1.29 is 35.7 Å². The zero-order valence-corrected chi connectivity index (χ0v) is 33.5. The van der Waals surface area contributed by atoms with E-state index in [0.29, 0.717) is 0 Å². The van der Waals surface area contributed by atoms with Gasteiger partial charge in [0.05, 0.1) is 24.3 Å². The summed E-state index contributed by atoms with van der Waals surface area (Å²) in [6.07, 6.45) is -2.30. The number of carbonyl (C=O) groups excluding carboxylic acids is 1. The molecular formula is C31H56N4O10SSi2. The third-order valence-electron chi connectivity index (χ3n) is 10.3. The maximum absolute atomic E-state index is 14.1. The quantitative estimate of drug-likeness (QED) is 0.192. The van der Waals surface area contributed by atoms with Gasteiger partial charge in [-0.2, -0.15) is 8.42 Å². The summed E-state index contributed by atoms with van der Waals surface area (Å²) in [5, 5.41) is 0.307. The molecule has 0 amide bonds. The van der Waals surface area contributed by atoms with Crippen molar-refractivity contribution in [3.63, 3.8) is 0 Å². The summed E-state index contributed by atoms with van der Waals surface area (Å²) in [6, 6.07) is -0.862. The number of nitrogens with zero attached hydrogens (tertiary/aromatic N) is 2. The van der Waals surface area contributed by atoms with Crippen LogP contribution in [0.15, 0.2) is 26.9 Å². The van der Waals surface area contributed by atoms with E-state index < -0.39 is 74.0 Å². The number of hydrogen-bond donors (Lipinski definition) is 2. The molecule has 0 radical (unpaired) electrons. The van der Waals surface area contributed by atoms with Crippen LogP contribution < -0.4 is 22.7 Å². The molecule has 0 saturated carbocycles. The van der Waals surface area contributed by atoms with Gasteiger partial charge in [-0.3, -0.25) is 18.7 Å². The van der Waals surface area contributed by atoms with E-state index in [1.807, 2.05) is 47.0 Å². The Balaban J connectivity index is 2.21. The fourth-order valence-electron chi connectivity index (χ4n) is 4.96. The Labute approximate surface area is 286 Å². The minimum Gasteiger partial charge on any atom is -0.463 e. The SMILES string of the molecule is Cc1cn([C@@H]2OC(CO[Si](C)(C)C(C)(C)C)C3(OS(=O)(=O)C=C3N)[C@H]2O[Si](C)(C)C(C)(C)C)c(=O)n(CCOC(=O)[C@@H](N)C(C)C)c1=O. The lowest BCUT2D eigenvalue weighted by Gasteiger charge is -2.43. The Morgan fingerprint density at radius 1 is 1.06 bits per heavy atom. The highest BCUT2D eigenvalue weighted by Crippen LogP contribution is 2.52. The second kappa shape index (κ2) is 13.5. The molecule has 0 aliphatic carbocycles. The van der Waals surface area contributed by atoms with Gasteiger partial charge in [0.25, 0.3) is 15.7 Å². The zero-order valence-electron chi connectivity index (χ0n) is 30.7. The van der Waals surface area contributed by atoms with Crippen LogP contribution in [0.5, 0.6) is 0 Å². The van der Waals surface area contributed by atoms with E-state index >= 15 is 0 Å². The second-order valence-electron chi connectivity index (χ2n) is 16.2. The van der Waals surface area contributed by atoms with Crippen molar-refractivity contribution in [3.8, 4) is 0 Å². The first-order valence-electron chi connectivity index (χ1n) is 16.2. The first kappa shape index (κ1) is 40.3. The van der Waals surface area contributed by atoms with Gasteiger partial charge in [-0.15, -0.1) is 0 Å². The summed E-state index contributed by atoms with van der Waals surface area (Å²) < 4.78 is 59.5. The van der Waals surface area contributed by atoms with Crippen molar-refractivity contribution in [2.24, 2.45) is 17.4 Å². The van der Waals surface area contributed by atoms with Gasteiger partial charge >= 0.3 is 11.7 Å². The average molecular weight is 733 g/mol. The molecule has 2 aliphatic heterocycles. The largest absolute Gasteiger partial charge is 0.463 e. The molecule has 17 heteroatoms. The molecule has 0 aromatic carbocycles. The van der Waals surface area contributed by atoms with E-state index in [-0.39, 0.29) is 47.0 Å². The van der Waals surface area contributed by atoms with Gasteiger partial charge in [0.2, 0.25) is 0 Å². The minimum absolute atomic E-state index is 0.103. The third-order valence-corrected chi connectivity index (χ3v) is 20.3. The van der Waals surface area contributed by atoms with Crippen LogP contribution in [0.2, 0.25) is 36.3 Å². The lowest BCUT2D eigenvalue weighted by molar-refractivity contribution is -0.146. The Hall–Kier alpha value is -2.13. The Bertz CT molecular complexity index is 1640. The Kier molecular flexibility index (Phi) is 11.4. The van der Waals surface area contributed by atoms with Gasteiger partial charge in [-0.25, -0.2) is 8.98 Å². The number of hydrogen-bond acceptors (Lipinski definition) is 12. The monoisotopic (exact) mass is 732 g/mol. The van der Waals surface area contributed by atoms with Crippen LogP contribution >= 0.6 is 0 Å². The molecule has 1 fully saturated rings. The summed E-state index contributed by atoms with van der Waals surface area (Å²) in [5.74, 6) is -0.820. The first-order chi connectivity index (χ1) is 21.6. The van der Waals surface area contributed by atoms with Crippen molar-refractivity contribution >= 4 is 32.7 Å². The number of aromatic nitrogens is 2. The molecule has 1 aromatic rings. The number of rotatable bonds is 11. The number of carbonyl (C=O) groups is 1. The highest BCUT2D eigenvalue weighted by molar-refractivity contribution is 7.90. The Morgan fingerprint density at radius 3 is 2.10 bits per heavy atom. The van der Waals surface area contributed by atoms with Gasteiger partial charge in [0, 0.05) is 11.8 Å². The van der Waals surface area contributed by atoms with Crippen LogP contribution in [-0.2, 0) is 44.0 Å². The molecule has 3 heterocycles. The molecule has 5 atom stereocenters. The molecule has 14 nitrogen and oxygen atoms in total. The summed E-state index contributed by atoms with van der Waals surface area (Å²) >= 11 is 0. The number of nitrogens with two attached hydrogens (primary N) is 2. The molecule has 274 valence electrons. The normalized spacial score (nSPS) is 25.5. The van der Waals surface area contributed by atoms with Crippen LogP contribution in [0, 0.1) is 12.8 Å². The van der Waals surface area contributed by atoms with Crippen LogP contribution in [0.25, 0.3) is 0 Å². The van der Waals surface area contributed by atoms with E-state index in [9.17, 15) is 22.8 Å². The van der Waals surface area contributed by atoms with Crippen LogP contribution in [0.1, 0.15) is 67.2 Å². The highest BCUT2D eigenvalue weighted by atomic mass is 32.2. The average Bonchev–Trinajstić information content (AvgIpc) is 3.35. The van der Waals surface area contributed by atoms with E-state index in [1.54, 1.807) is 13.8 Å². The van der Waals surface area contributed by atoms with Crippen molar-refractivity contribution in [3.05, 3.63) is 43.7 Å². The summed E-state index contributed by atoms with van der Waals surface area (Å²) in [5.41, 5.74) is 9.24. The molecular weight excluding hydrogens is 677 g/mol. The molecule has 1 spiro atoms. The zero-order chi connectivity index (χ0) is 37.0. The molecule has 2 aliphatic rings. The number of ether oxygens (including phenoxy) is 2. The summed E-state index contributed by atoms with van der Waals surface area (Å²) in [4.78, 5) is 39.7. The fraction of sp³-hybridized carbons (Fsp3) is 0.774. The summed E-state index contributed by atoms with van der Waals surface area (Å²) in [6.45, 7) is 24.8. The van der Waals surface area contributed by atoms with E-state index in [4.69, 9.17) is 34.0 Å². The van der Waals surface area contributed by atoms with E-state index in [2.05, 4.69) is 20.8 Å². The van der Waals surface area contributed by atoms with Crippen molar-refractivity contribution in [2.75, 3.05) is 13.2 Å². The van der Waals surface area contributed by atoms with Gasteiger partial charge in [0.1, 0.15) is 24.9 Å². The third kappa shape index (κ3) is 7.77. The maximum Gasteiger partial charge on any atom is 0.333 e.